The lowest BCUT2D eigenvalue weighted by atomic mass is 10.1. The molecule has 0 aliphatic carbocycles. The molecule has 0 spiro atoms. The molecule has 0 aromatic heterocycles. The summed E-state index contributed by atoms with van der Waals surface area (Å²) in [5, 5.41) is 3.91. The van der Waals surface area contributed by atoms with Gasteiger partial charge in [0.2, 0.25) is 11.8 Å². The topological polar surface area (TPSA) is 86.8 Å². The van der Waals surface area contributed by atoms with Gasteiger partial charge in [-0.1, -0.05) is 59.9 Å². The molecule has 0 radical (unpaired) electrons. The monoisotopic (exact) mass is 623 g/mol. The molecule has 7 nitrogen and oxygen atoms in total. The van der Waals surface area contributed by atoms with Gasteiger partial charge in [0.15, 0.2) is 0 Å². The van der Waals surface area contributed by atoms with Crippen LogP contribution in [0.1, 0.15) is 38.3 Å². The average Bonchev–Trinajstić information content (AvgIpc) is 2.91. The minimum absolute atomic E-state index is 0.0329. The first-order chi connectivity index (χ1) is 18.8. The first-order valence-electron chi connectivity index (χ1n) is 12.7. The van der Waals surface area contributed by atoms with Gasteiger partial charge < -0.3 is 10.2 Å². The van der Waals surface area contributed by atoms with E-state index in [2.05, 4.69) is 5.32 Å². The van der Waals surface area contributed by atoms with Crippen molar-refractivity contribution in [1.82, 2.24) is 10.2 Å². The smallest absolute Gasteiger partial charge is 0.264 e. The predicted molar refractivity (Wildman–Crippen MR) is 162 cm³/mol. The number of hydrogen-bond acceptors (Lipinski definition) is 4. The maximum Gasteiger partial charge on any atom is 0.264 e. The van der Waals surface area contributed by atoms with Crippen molar-refractivity contribution in [3.05, 3.63) is 92.9 Å². The Bertz CT molecular complexity index is 1450. The number of nitrogens with zero attached hydrogens (tertiary/aromatic N) is 2. The van der Waals surface area contributed by atoms with Crippen molar-refractivity contribution in [3.8, 4) is 0 Å². The Morgan fingerprint density at radius 2 is 1.52 bits per heavy atom. The molecule has 1 N–H and O–H groups in total. The van der Waals surface area contributed by atoms with Crippen molar-refractivity contribution < 1.29 is 18.0 Å². The summed E-state index contributed by atoms with van der Waals surface area (Å²) in [5.41, 5.74) is 1.56. The van der Waals surface area contributed by atoms with Crippen LogP contribution < -0.4 is 9.62 Å². The van der Waals surface area contributed by atoms with Crippen molar-refractivity contribution >= 4 is 62.3 Å². The van der Waals surface area contributed by atoms with Crippen molar-refractivity contribution in [2.45, 2.75) is 57.6 Å². The highest BCUT2D eigenvalue weighted by Gasteiger charge is 2.33. The molecule has 0 unspecified atom stereocenters. The van der Waals surface area contributed by atoms with E-state index in [1.165, 1.54) is 29.2 Å². The molecular weight excluding hydrogens is 593 g/mol. The molecule has 2 amide bonds. The molecule has 3 aromatic carbocycles. The molecule has 0 aliphatic rings. The number of carbonyl (C=O) groups excluding carboxylic acids is 2. The van der Waals surface area contributed by atoms with Crippen LogP contribution in [0.2, 0.25) is 15.1 Å². The maximum atomic E-state index is 14.0. The van der Waals surface area contributed by atoms with Crippen molar-refractivity contribution in [2.24, 2.45) is 0 Å². The number of hydrogen-bond donors (Lipinski definition) is 1. The molecule has 3 rings (SSSR count). The third-order valence-corrected chi connectivity index (χ3v) is 9.28. The van der Waals surface area contributed by atoms with Crippen LogP contribution in [-0.2, 0) is 26.2 Å². The van der Waals surface area contributed by atoms with Gasteiger partial charge in [-0.25, -0.2) is 8.42 Å². The van der Waals surface area contributed by atoms with E-state index in [1.807, 2.05) is 26.8 Å². The van der Waals surface area contributed by atoms with Crippen molar-refractivity contribution in [1.29, 1.82) is 0 Å². The minimum Gasteiger partial charge on any atom is -0.352 e. The Balaban J connectivity index is 2.07. The fraction of sp³-hybridized carbons (Fsp3) is 0.310. The minimum atomic E-state index is -4.20. The summed E-state index contributed by atoms with van der Waals surface area (Å²) < 4.78 is 28.8. The lowest BCUT2D eigenvalue weighted by Gasteiger charge is -2.33. The van der Waals surface area contributed by atoms with Crippen LogP contribution in [0.4, 0.5) is 5.69 Å². The molecule has 2 atom stereocenters. The lowest BCUT2D eigenvalue weighted by Crippen LogP contribution is -2.52. The highest BCUT2D eigenvalue weighted by Crippen LogP contribution is 2.29. The summed E-state index contributed by atoms with van der Waals surface area (Å²) >= 11 is 18.8. The van der Waals surface area contributed by atoms with Crippen molar-refractivity contribution in [3.63, 3.8) is 0 Å². The molecule has 0 heterocycles. The number of rotatable bonds is 11. The van der Waals surface area contributed by atoms with Gasteiger partial charge in [0, 0.05) is 33.2 Å². The van der Waals surface area contributed by atoms with E-state index in [1.54, 1.807) is 43.3 Å². The Labute approximate surface area is 251 Å². The van der Waals surface area contributed by atoms with E-state index in [0.717, 1.165) is 9.87 Å². The van der Waals surface area contributed by atoms with Gasteiger partial charge in [0.05, 0.1) is 10.6 Å². The number of amides is 2. The number of benzene rings is 3. The van der Waals surface area contributed by atoms with Crippen LogP contribution in [-0.4, -0.2) is 43.8 Å². The second kappa shape index (κ2) is 13.7. The summed E-state index contributed by atoms with van der Waals surface area (Å²) in [6.07, 6.45) is 0.698. The average molecular weight is 625 g/mol. The van der Waals surface area contributed by atoms with E-state index in [9.17, 15) is 18.0 Å². The molecule has 0 saturated heterocycles. The van der Waals surface area contributed by atoms with Gasteiger partial charge in [-0.05, 0) is 81.3 Å². The van der Waals surface area contributed by atoms with E-state index >= 15 is 0 Å². The summed E-state index contributed by atoms with van der Waals surface area (Å²) in [6.45, 7) is 6.53. The SMILES string of the molecule is CC[C@@H](C)NC(=O)[C@H](C)N(Cc1c(Cl)cccc1Cl)C(=O)CN(c1cccc(C)c1)S(=O)(=O)c1ccc(Cl)cc1. The third-order valence-electron chi connectivity index (χ3n) is 6.53. The predicted octanol–water partition coefficient (Wildman–Crippen LogP) is 6.48. The number of halogens is 3. The normalized spacial score (nSPS) is 12.9. The zero-order valence-electron chi connectivity index (χ0n) is 22.7. The molecule has 11 heteroatoms. The van der Waals surface area contributed by atoms with Crippen LogP contribution in [0.15, 0.2) is 71.6 Å². The fourth-order valence-corrected chi connectivity index (χ4v) is 6.00. The highest BCUT2D eigenvalue weighted by molar-refractivity contribution is 7.92. The third kappa shape index (κ3) is 7.69. The zero-order chi connectivity index (χ0) is 29.6. The van der Waals surface area contributed by atoms with Gasteiger partial charge in [-0.2, -0.15) is 0 Å². The standard InChI is InChI=1S/C29H32Cl3N3O4S/c1-5-20(3)33-29(37)21(4)34(17-25-26(31)10-7-11-27(25)32)28(36)18-35(23-9-6-8-19(2)16-23)40(38,39)24-14-12-22(30)13-15-24/h6-16,20-21H,5,17-18H2,1-4H3,(H,33,37)/t20-,21+/m1/s1. The Morgan fingerprint density at radius 3 is 2.10 bits per heavy atom. The van der Waals surface area contributed by atoms with Gasteiger partial charge in [0.25, 0.3) is 10.0 Å². The van der Waals surface area contributed by atoms with E-state index in [-0.39, 0.29) is 23.4 Å². The lowest BCUT2D eigenvalue weighted by molar-refractivity contribution is -0.139. The molecule has 214 valence electrons. The van der Waals surface area contributed by atoms with Crippen LogP contribution in [0.3, 0.4) is 0 Å². The summed E-state index contributed by atoms with van der Waals surface area (Å²) in [4.78, 5) is 28.4. The van der Waals surface area contributed by atoms with Gasteiger partial charge in [-0.15, -0.1) is 0 Å². The second-order valence-electron chi connectivity index (χ2n) is 9.52. The quantitative estimate of drug-likeness (QED) is 0.265. The van der Waals surface area contributed by atoms with Gasteiger partial charge in [-0.3, -0.25) is 13.9 Å². The Kier molecular flexibility index (Phi) is 10.9. The summed E-state index contributed by atoms with van der Waals surface area (Å²) in [5.74, 6) is -0.990. The highest BCUT2D eigenvalue weighted by atomic mass is 35.5. The zero-order valence-corrected chi connectivity index (χ0v) is 25.8. The largest absolute Gasteiger partial charge is 0.352 e. The molecule has 0 bridgehead atoms. The van der Waals surface area contributed by atoms with Crippen molar-refractivity contribution in [2.75, 3.05) is 10.8 Å². The number of anilines is 1. The number of carbonyl (C=O) groups is 2. The molecular formula is C29H32Cl3N3O4S. The summed E-state index contributed by atoms with van der Waals surface area (Å²) in [7, 11) is -4.20. The fourth-order valence-electron chi connectivity index (χ4n) is 3.95. The van der Waals surface area contributed by atoms with Crippen LogP contribution >= 0.6 is 34.8 Å². The van der Waals surface area contributed by atoms with E-state index in [4.69, 9.17) is 34.8 Å². The number of aryl methyl sites for hydroxylation is 1. The van der Waals surface area contributed by atoms with Gasteiger partial charge in [0.1, 0.15) is 12.6 Å². The molecule has 40 heavy (non-hydrogen) atoms. The number of sulfonamides is 1. The summed E-state index contributed by atoms with van der Waals surface area (Å²) in [6, 6.07) is 16.4. The first-order valence-corrected chi connectivity index (χ1v) is 15.3. The first kappa shape index (κ1) is 31.7. The molecule has 0 saturated carbocycles. The molecule has 0 fully saturated rings. The van der Waals surface area contributed by atoms with Crippen LogP contribution in [0.5, 0.6) is 0 Å². The van der Waals surface area contributed by atoms with E-state index in [0.29, 0.717) is 32.7 Å². The van der Waals surface area contributed by atoms with Crippen LogP contribution in [0, 0.1) is 6.92 Å². The molecule has 0 aliphatic heterocycles. The second-order valence-corrected chi connectivity index (χ2v) is 12.6. The van der Waals surface area contributed by atoms with Gasteiger partial charge >= 0.3 is 0 Å². The Morgan fingerprint density at radius 1 is 0.925 bits per heavy atom. The van der Waals surface area contributed by atoms with Crippen LogP contribution in [0.25, 0.3) is 0 Å². The maximum absolute atomic E-state index is 14.0. The Hall–Kier alpha value is -2.78. The van der Waals surface area contributed by atoms with E-state index < -0.39 is 28.5 Å². The molecule has 3 aromatic rings. The number of nitrogens with one attached hydrogen (secondary N) is 1.